The molecule has 112 valence electrons. The minimum absolute atomic E-state index is 0.0182. The zero-order valence-corrected chi connectivity index (χ0v) is 12.7. The molecule has 0 bridgehead atoms. The number of amides is 1. The van der Waals surface area contributed by atoms with Gasteiger partial charge in [0, 0.05) is 0 Å². The van der Waals surface area contributed by atoms with E-state index in [4.69, 9.17) is 0 Å². The minimum atomic E-state index is -3.39. The van der Waals surface area contributed by atoms with E-state index in [-0.39, 0.29) is 11.7 Å². The lowest BCUT2D eigenvalue weighted by Gasteiger charge is -2.47. The van der Waals surface area contributed by atoms with Crippen LogP contribution >= 0.6 is 0 Å². The van der Waals surface area contributed by atoms with E-state index < -0.39 is 21.7 Å². The first-order valence-electron chi connectivity index (χ1n) is 6.74. The fraction of sp³-hybridized carbons (Fsp3) is 0.917. The van der Waals surface area contributed by atoms with Crippen LogP contribution in [0.2, 0.25) is 0 Å². The molecule has 1 aliphatic rings. The molecule has 2 N–H and O–H groups in total. The minimum Gasteiger partial charge on any atom is -0.386 e. The van der Waals surface area contributed by atoms with Crippen LogP contribution in [0.1, 0.15) is 40.0 Å². The number of aliphatic hydroxyl groups is 1. The summed E-state index contributed by atoms with van der Waals surface area (Å²) < 4.78 is 25.5. The molecule has 7 heteroatoms. The highest BCUT2D eigenvalue weighted by atomic mass is 32.2. The summed E-state index contributed by atoms with van der Waals surface area (Å²) in [5, 5.41) is 10.00. The van der Waals surface area contributed by atoms with Crippen LogP contribution in [0.4, 0.5) is 0 Å². The Balaban J connectivity index is 2.48. The molecule has 19 heavy (non-hydrogen) atoms. The lowest BCUT2D eigenvalue weighted by molar-refractivity contribution is -0.157. The van der Waals surface area contributed by atoms with E-state index >= 15 is 0 Å². The Labute approximate surface area is 115 Å². The van der Waals surface area contributed by atoms with Gasteiger partial charge in [0.25, 0.3) is 0 Å². The van der Waals surface area contributed by atoms with Gasteiger partial charge >= 0.3 is 0 Å². The molecule has 0 aromatic rings. The van der Waals surface area contributed by atoms with Crippen molar-refractivity contribution in [2.75, 3.05) is 18.8 Å². The molecular weight excluding hydrogens is 268 g/mol. The number of sulfonamides is 1. The van der Waals surface area contributed by atoms with Gasteiger partial charge in [-0.05, 0) is 19.8 Å². The summed E-state index contributed by atoms with van der Waals surface area (Å²) in [6.07, 6.45) is 2.03. The Morgan fingerprint density at radius 2 is 1.95 bits per heavy atom. The van der Waals surface area contributed by atoms with Crippen LogP contribution < -0.4 is 4.72 Å². The topological polar surface area (TPSA) is 86.7 Å². The summed E-state index contributed by atoms with van der Waals surface area (Å²) in [5.41, 5.74) is -0.785. The maximum Gasteiger partial charge on any atom is 0.240 e. The number of rotatable bonds is 7. The van der Waals surface area contributed by atoms with Gasteiger partial charge in [-0.3, -0.25) is 4.79 Å². The number of hydrogen-bond donors (Lipinski definition) is 2. The van der Waals surface area contributed by atoms with Crippen LogP contribution in [-0.2, 0) is 14.8 Å². The fourth-order valence-corrected chi connectivity index (χ4v) is 3.66. The lowest BCUT2D eigenvalue weighted by atomic mass is 9.89. The number of nitrogens with zero attached hydrogens (tertiary/aromatic N) is 1. The highest BCUT2D eigenvalue weighted by Gasteiger charge is 2.43. The standard InChI is InChI=1S/C12H24N2O4S/c1-4-6-12(16)8-14(9-12)11(15)10(3)13-19(17,18)7-5-2/h10,13,16H,4-9H2,1-3H3. The molecule has 0 radical (unpaired) electrons. The maximum absolute atomic E-state index is 12.0. The van der Waals surface area contributed by atoms with Crippen LogP contribution in [0, 0.1) is 0 Å². The van der Waals surface area contributed by atoms with Crippen molar-refractivity contribution in [2.45, 2.75) is 51.7 Å². The second-order valence-corrected chi connectivity index (χ2v) is 7.20. The number of carbonyl (C=O) groups is 1. The Bertz CT molecular complexity index is 415. The number of likely N-dealkylation sites (tertiary alicyclic amines) is 1. The van der Waals surface area contributed by atoms with Crippen molar-refractivity contribution >= 4 is 15.9 Å². The second kappa shape index (κ2) is 6.19. The quantitative estimate of drug-likeness (QED) is 0.695. The molecule has 0 spiro atoms. The molecular formula is C12H24N2O4S. The first-order chi connectivity index (χ1) is 8.73. The third-order valence-electron chi connectivity index (χ3n) is 3.20. The number of hydrogen-bond acceptors (Lipinski definition) is 4. The second-order valence-electron chi connectivity index (χ2n) is 5.33. The normalized spacial score (nSPS) is 19.9. The third kappa shape index (κ3) is 4.43. The highest BCUT2D eigenvalue weighted by Crippen LogP contribution is 2.26. The summed E-state index contributed by atoms with van der Waals surface area (Å²) in [6, 6.07) is -0.775. The van der Waals surface area contributed by atoms with Gasteiger partial charge in [0.05, 0.1) is 30.5 Å². The van der Waals surface area contributed by atoms with Crippen LogP contribution in [-0.4, -0.2) is 54.8 Å². The molecule has 1 amide bonds. The van der Waals surface area contributed by atoms with Gasteiger partial charge in [0.1, 0.15) is 0 Å². The van der Waals surface area contributed by atoms with E-state index in [9.17, 15) is 18.3 Å². The van der Waals surface area contributed by atoms with Crippen molar-refractivity contribution < 1.29 is 18.3 Å². The molecule has 1 rings (SSSR count). The predicted molar refractivity (Wildman–Crippen MR) is 73.1 cm³/mol. The summed E-state index contributed by atoms with van der Waals surface area (Å²) in [5.74, 6) is -0.259. The number of β-amino-alcohol motifs (C(OH)–C–C–N with tert-alkyl or cyclic N) is 1. The Kier molecular flexibility index (Phi) is 5.34. The molecule has 0 saturated carbocycles. The van der Waals surface area contributed by atoms with Crippen LogP contribution in [0.15, 0.2) is 0 Å². The van der Waals surface area contributed by atoms with Crippen LogP contribution in [0.3, 0.4) is 0 Å². The Morgan fingerprint density at radius 3 is 2.42 bits per heavy atom. The number of carbonyl (C=O) groups excluding carboxylic acids is 1. The smallest absolute Gasteiger partial charge is 0.240 e. The molecule has 1 unspecified atom stereocenters. The first-order valence-corrected chi connectivity index (χ1v) is 8.39. The zero-order chi connectivity index (χ0) is 14.7. The van der Waals surface area contributed by atoms with E-state index in [0.717, 1.165) is 6.42 Å². The SMILES string of the molecule is CCCC1(O)CN(C(=O)C(C)NS(=O)(=O)CCC)C1. The average Bonchev–Trinajstić information content (AvgIpc) is 2.24. The largest absolute Gasteiger partial charge is 0.386 e. The fourth-order valence-electron chi connectivity index (χ4n) is 2.36. The average molecular weight is 292 g/mol. The van der Waals surface area contributed by atoms with E-state index in [2.05, 4.69) is 4.72 Å². The van der Waals surface area contributed by atoms with E-state index in [0.29, 0.717) is 25.9 Å². The van der Waals surface area contributed by atoms with Crippen molar-refractivity contribution in [3.63, 3.8) is 0 Å². The lowest BCUT2D eigenvalue weighted by Crippen LogP contribution is -2.66. The molecule has 1 fully saturated rings. The van der Waals surface area contributed by atoms with Gasteiger partial charge in [-0.2, -0.15) is 0 Å². The van der Waals surface area contributed by atoms with Crippen molar-refractivity contribution in [1.29, 1.82) is 0 Å². The van der Waals surface area contributed by atoms with E-state index in [1.165, 1.54) is 11.8 Å². The van der Waals surface area contributed by atoms with Gasteiger partial charge in [-0.15, -0.1) is 0 Å². The molecule has 0 aliphatic carbocycles. The number of nitrogens with one attached hydrogen (secondary N) is 1. The highest BCUT2D eigenvalue weighted by molar-refractivity contribution is 7.89. The van der Waals surface area contributed by atoms with Crippen LogP contribution in [0.25, 0.3) is 0 Å². The van der Waals surface area contributed by atoms with Crippen LogP contribution in [0.5, 0.6) is 0 Å². The molecule has 0 aromatic carbocycles. The monoisotopic (exact) mass is 292 g/mol. The van der Waals surface area contributed by atoms with Gasteiger partial charge in [0.2, 0.25) is 15.9 Å². The zero-order valence-electron chi connectivity index (χ0n) is 11.8. The van der Waals surface area contributed by atoms with Crippen molar-refractivity contribution in [3.8, 4) is 0 Å². The van der Waals surface area contributed by atoms with Gasteiger partial charge in [-0.1, -0.05) is 20.3 Å². The first kappa shape index (κ1) is 16.4. The van der Waals surface area contributed by atoms with Gasteiger partial charge in [-0.25, -0.2) is 13.1 Å². The summed E-state index contributed by atoms with van der Waals surface area (Å²) in [7, 11) is -3.39. The maximum atomic E-state index is 12.0. The van der Waals surface area contributed by atoms with Crippen molar-refractivity contribution in [2.24, 2.45) is 0 Å². The third-order valence-corrected chi connectivity index (χ3v) is 4.86. The molecule has 1 atom stereocenters. The summed E-state index contributed by atoms with van der Waals surface area (Å²) >= 11 is 0. The molecule has 6 nitrogen and oxygen atoms in total. The molecule has 1 heterocycles. The predicted octanol–water partition coefficient (Wildman–Crippen LogP) is 0.0777. The molecule has 1 saturated heterocycles. The van der Waals surface area contributed by atoms with Crippen molar-refractivity contribution in [3.05, 3.63) is 0 Å². The van der Waals surface area contributed by atoms with Gasteiger partial charge in [0.15, 0.2) is 0 Å². The van der Waals surface area contributed by atoms with E-state index in [1.54, 1.807) is 6.92 Å². The summed E-state index contributed by atoms with van der Waals surface area (Å²) in [4.78, 5) is 13.5. The molecule has 0 aromatic heterocycles. The Morgan fingerprint density at radius 1 is 1.37 bits per heavy atom. The van der Waals surface area contributed by atoms with Crippen molar-refractivity contribution in [1.82, 2.24) is 9.62 Å². The Hall–Kier alpha value is -0.660. The molecule has 1 aliphatic heterocycles. The van der Waals surface area contributed by atoms with E-state index in [1.807, 2.05) is 6.92 Å². The summed E-state index contributed by atoms with van der Waals surface area (Å²) in [6.45, 7) is 5.86. The van der Waals surface area contributed by atoms with Gasteiger partial charge < -0.3 is 10.0 Å².